The number of phenols is 3. The fourth-order valence-electron chi connectivity index (χ4n) is 7.40. The van der Waals surface area contributed by atoms with Crippen molar-refractivity contribution in [3.05, 3.63) is 82.0 Å². The maximum Gasteiger partial charge on any atom is 0.330 e. The summed E-state index contributed by atoms with van der Waals surface area (Å²) in [5, 5.41) is 138. The lowest BCUT2D eigenvalue weighted by Gasteiger charge is -2.42. The zero-order valence-electron chi connectivity index (χ0n) is 33.4. The number of fused-ring (bicyclic) bond motifs is 1. The third kappa shape index (κ3) is 9.09. The molecule has 0 unspecified atom stereocenters. The van der Waals surface area contributed by atoms with E-state index in [0.29, 0.717) is 5.56 Å². The Morgan fingerprint density at radius 3 is 1.91 bits per heavy atom. The van der Waals surface area contributed by atoms with E-state index in [1.165, 1.54) is 61.5 Å². The van der Waals surface area contributed by atoms with Crippen LogP contribution < -0.4 is 14.9 Å². The molecule has 3 aromatic carbocycles. The SMILES string of the molecule is C[C@H]1O[C@H](Oc2c(-c3ccc(O)cc3)oc3cc(O[C@@H]4O[C@H](COC(=O)C=Cc5ccc(O)cc5)[C@@H](O)[C@H](O)[C@H]4O)c([C@@H]4O[C@H](CO)[C@@H](O)[C@H](O)[C@H]4O)c(O)c3c2=O)[C@@H](O)[C@@H](O)[C@@H]1O. The number of aromatic hydroxyl groups is 3. The molecular formula is C42H46O22. The van der Waals surface area contributed by atoms with Gasteiger partial charge in [0.15, 0.2) is 5.76 Å². The van der Waals surface area contributed by atoms with Crippen LogP contribution >= 0.6 is 0 Å². The monoisotopic (exact) mass is 902 g/mol. The Balaban J connectivity index is 1.31. The van der Waals surface area contributed by atoms with Gasteiger partial charge in [-0.25, -0.2) is 4.79 Å². The highest BCUT2D eigenvalue weighted by molar-refractivity contribution is 5.90. The van der Waals surface area contributed by atoms with Crippen molar-refractivity contribution in [2.45, 2.75) is 98.9 Å². The molecule has 0 spiro atoms. The van der Waals surface area contributed by atoms with E-state index in [4.69, 9.17) is 32.8 Å². The predicted octanol–water partition coefficient (Wildman–Crippen LogP) is -2.26. The van der Waals surface area contributed by atoms with Crippen LogP contribution in [0, 0.1) is 0 Å². The van der Waals surface area contributed by atoms with Gasteiger partial charge >= 0.3 is 5.97 Å². The fourth-order valence-corrected chi connectivity index (χ4v) is 7.40. The number of rotatable bonds is 11. The predicted molar refractivity (Wildman–Crippen MR) is 212 cm³/mol. The number of carbonyl (C=O) groups is 1. The first-order valence-corrected chi connectivity index (χ1v) is 19.7. The maximum absolute atomic E-state index is 14.6. The molecule has 346 valence electrons. The third-order valence-corrected chi connectivity index (χ3v) is 11.1. The van der Waals surface area contributed by atoms with Gasteiger partial charge in [-0.15, -0.1) is 0 Å². The topological polar surface area (TPSA) is 366 Å². The molecule has 22 heteroatoms. The summed E-state index contributed by atoms with van der Waals surface area (Å²) in [4.78, 5) is 27.2. The molecule has 3 fully saturated rings. The standard InChI is InChI=1S/C42H46O22/c1-15-27(47)32(52)36(56)41(59-15)64-40-31(51)25-20(60-38(40)17-5-9-19(45)10-6-17)12-21(26(30(25)50)39-35(55)33(53)28(48)22(13-43)61-39)62-42-37(57)34(54)29(49)23(63-42)14-58-24(46)11-4-16-2-7-18(44)8-3-16/h2-12,15,22-23,27-29,32-37,39,41-45,47-50,52-57H,13-14H2,1H3/t15-,22-,23-,27-,28-,29-,32+,33+,34+,35-,36+,37-,39+,41-,42-/m1/s1. The van der Waals surface area contributed by atoms with Gasteiger partial charge in [-0.2, -0.15) is 0 Å². The van der Waals surface area contributed by atoms with Crippen molar-refractivity contribution < 1.29 is 104 Å². The van der Waals surface area contributed by atoms with Gasteiger partial charge in [0.2, 0.25) is 23.8 Å². The molecule has 3 saturated heterocycles. The number of aliphatic hydroxyl groups excluding tert-OH is 10. The minimum atomic E-state index is -2.14. The number of benzene rings is 3. The number of hydrogen-bond acceptors (Lipinski definition) is 22. The maximum atomic E-state index is 14.6. The van der Waals surface area contributed by atoms with Gasteiger partial charge in [-0.1, -0.05) is 12.1 Å². The molecule has 0 bridgehead atoms. The van der Waals surface area contributed by atoms with Crippen molar-refractivity contribution in [2.75, 3.05) is 13.2 Å². The van der Waals surface area contributed by atoms with Gasteiger partial charge in [-0.05, 0) is 55.0 Å². The lowest BCUT2D eigenvalue weighted by atomic mass is 9.89. The summed E-state index contributed by atoms with van der Waals surface area (Å²) in [6.45, 7) is -0.322. The molecule has 1 aromatic heterocycles. The van der Waals surface area contributed by atoms with Crippen LogP contribution in [0.3, 0.4) is 0 Å². The summed E-state index contributed by atoms with van der Waals surface area (Å²) >= 11 is 0. The van der Waals surface area contributed by atoms with Crippen molar-refractivity contribution in [1.29, 1.82) is 0 Å². The minimum Gasteiger partial charge on any atom is -0.508 e. The smallest absolute Gasteiger partial charge is 0.330 e. The highest BCUT2D eigenvalue weighted by atomic mass is 16.7. The van der Waals surface area contributed by atoms with Crippen LogP contribution in [-0.4, -0.2) is 171 Å². The van der Waals surface area contributed by atoms with Gasteiger partial charge < -0.3 is 99.2 Å². The van der Waals surface area contributed by atoms with Crippen LogP contribution in [0.1, 0.15) is 24.2 Å². The summed E-state index contributed by atoms with van der Waals surface area (Å²) in [6.07, 6.45) is -25.3. The molecule has 4 heterocycles. The van der Waals surface area contributed by atoms with Crippen LogP contribution in [-0.2, 0) is 23.7 Å². The first-order valence-electron chi connectivity index (χ1n) is 19.7. The van der Waals surface area contributed by atoms with Crippen molar-refractivity contribution in [2.24, 2.45) is 0 Å². The van der Waals surface area contributed by atoms with Gasteiger partial charge in [0, 0.05) is 17.7 Å². The van der Waals surface area contributed by atoms with Crippen LogP contribution in [0.4, 0.5) is 0 Å². The summed E-state index contributed by atoms with van der Waals surface area (Å²) < 4.78 is 40.1. The second-order valence-electron chi connectivity index (χ2n) is 15.4. The van der Waals surface area contributed by atoms with Crippen molar-refractivity contribution in [3.8, 4) is 40.1 Å². The summed E-state index contributed by atoms with van der Waals surface area (Å²) in [5.41, 5.74) is -1.88. The third-order valence-electron chi connectivity index (χ3n) is 11.1. The molecule has 4 aromatic rings. The number of phenolic OH excluding ortho intramolecular Hbond substituents is 3. The Morgan fingerprint density at radius 1 is 0.688 bits per heavy atom. The zero-order chi connectivity index (χ0) is 46.3. The van der Waals surface area contributed by atoms with Gasteiger partial charge in [0.05, 0.1) is 18.3 Å². The van der Waals surface area contributed by atoms with E-state index in [2.05, 4.69) is 0 Å². The Hall–Kier alpha value is -5.44. The fraction of sp³-hybridized carbons (Fsp3) is 0.429. The first kappa shape index (κ1) is 46.5. The molecule has 0 amide bonds. The molecule has 3 aliphatic heterocycles. The number of aliphatic hydroxyl groups is 10. The molecule has 0 radical (unpaired) electrons. The minimum absolute atomic E-state index is 0.00584. The highest BCUT2D eigenvalue weighted by Gasteiger charge is 2.49. The van der Waals surface area contributed by atoms with E-state index < -0.39 is 156 Å². The van der Waals surface area contributed by atoms with Crippen LogP contribution in [0.25, 0.3) is 28.4 Å². The summed E-state index contributed by atoms with van der Waals surface area (Å²) in [6, 6.07) is 11.7. The van der Waals surface area contributed by atoms with Crippen LogP contribution in [0.5, 0.6) is 28.7 Å². The molecule has 0 aliphatic carbocycles. The van der Waals surface area contributed by atoms with E-state index in [-0.39, 0.29) is 17.1 Å². The molecule has 7 rings (SSSR count). The molecular weight excluding hydrogens is 856 g/mol. The Labute approximate surface area is 360 Å². The van der Waals surface area contributed by atoms with Crippen molar-refractivity contribution >= 4 is 23.0 Å². The normalized spacial score (nSPS) is 33.3. The lowest BCUT2D eigenvalue weighted by molar-refractivity contribution is -0.279. The van der Waals surface area contributed by atoms with E-state index in [9.17, 15) is 76.0 Å². The van der Waals surface area contributed by atoms with E-state index in [1.54, 1.807) is 0 Å². The Bertz CT molecular complexity index is 2370. The van der Waals surface area contributed by atoms with Gasteiger partial charge in [-0.3, -0.25) is 4.79 Å². The molecule has 15 atom stereocenters. The first-order chi connectivity index (χ1) is 30.4. The van der Waals surface area contributed by atoms with E-state index >= 15 is 0 Å². The quantitative estimate of drug-likeness (QED) is 0.0558. The Morgan fingerprint density at radius 2 is 1.27 bits per heavy atom. The van der Waals surface area contributed by atoms with Crippen LogP contribution in [0.15, 0.2) is 69.9 Å². The number of hydrogen-bond donors (Lipinski definition) is 13. The second-order valence-corrected chi connectivity index (χ2v) is 15.4. The van der Waals surface area contributed by atoms with Crippen LogP contribution in [0.2, 0.25) is 0 Å². The largest absolute Gasteiger partial charge is 0.508 e. The summed E-state index contributed by atoms with van der Waals surface area (Å²) in [5.74, 6) is -4.10. The molecule has 22 nitrogen and oxygen atoms in total. The van der Waals surface area contributed by atoms with Gasteiger partial charge in [0.25, 0.3) is 0 Å². The van der Waals surface area contributed by atoms with Crippen molar-refractivity contribution in [3.63, 3.8) is 0 Å². The van der Waals surface area contributed by atoms with E-state index in [1.807, 2.05) is 0 Å². The zero-order valence-corrected chi connectivity index (χ0v) is 33.4. The number of ether oxygens (including phenoxy) is 6. The molecule has 64 heavy (non-hydrogen) atoms. The lowest BCUT2D eigenvalue weighted by Crippen LogP contribution is -2.60. The summed E-state index contributed by atoms with van der Waals surface area (Å²) in [7, 11) is 0. The molecule has 13 N–H and O–H groups in total. The van der Waals surface area contributed by atoms with Gasteiger partial charge in [0.1, 0.15) is 114 Å². The molecule has 3 aliphatic rings. The average molecular weight is 903 g/mol. The second kappa shape index (κ2) is 19.0. The molecule has 0 saturated carbocycles. The van der Waals surface area contributed by atoms with Crippen molar-refractivity contribution in [1.82, 2.24) is 0 Å². The van der Waals surface area contributed by atoms with E-state index in [0.717, 1.165) is 12.1 Å². The highest BCUT2D eigenvalue weighted by Crippen LogP contribution is 2.47. The Kier molecular flexibility index (Phi) is 13.8. The number of carbonyl (C=O) groups excluding carboxylic acids is 1. The average Bonchev–Trinajstić information content (AvgIpc) is 3.27. The number of esters is 1.